The molecular weight excluding hydrogens is 308 g/mol. The number of amides is 1. The first kappa shape index (κ1) is 13.7. The normalized spacial score (nSPS) is 10.8. The van der Waals surface area contributed by atoms with Gasteiger partial charge in [0, 0.05) is 11.3 Å². The Kier molecular flexibility index (Phi) is 3.40. The van der Waals surface area contributed by atoms with E-state index in [1.807, 2.05) is 60.0 Å². The lowest BCUT2D eigenvalue weighted by molar-refractivity contribution is 0.103. The van der Waals surface area contributed by atoms with Gasteiger partial charge in [-0.15, -0.1) is 11.3 Å². The molecule has 0 unspecified atom stereocenters. The molecule has 0 aliphatic rings. The predicted octanol–water partition coefficient (Wildman–Crippen LogP) is 4.81. The number of nitrogens with zero attached hydrogens (tertiary/aromatic N) is 1. The number of carbonyl (C=O) groups is 1. The highest BCUT2D eigenvalue weighted by molar-refractivity contribution is 7.12. The van der Waals surface area contributed by atoms with Crippen molar-refractivity contribution in [1.29, 1.82) is 0 Å². The number of hydrogen-bond acceptors (Lipinski definition) is 4. The average molecular weight is 320 g/mol. The van der Waals surface area contributed by atoms with E-state index < -0.39 is 0 Å². The van der Waals surface area contributed by atoms with Crippen molar-refractivity contribution in [2.45, 2.75) is 0 Å². The summed E-state index contributed by atoms with van der Waals surface area (Å²) in [7, 11) is 0. The van der Waals surface area contributed by atoms with Crippen LogP contribution < -0.4 is 5.32 Å². The minimum atomic E-state index is -0.116. The van der Waals surface area contributed by atoms with E-state index in [0.717, 1.165) is 16.7 Å². The Morgan fingerprint density at radius 1 is 1.04 bits per heavy atom. The molecule has 4 nitrogen and oxygen atoms in total. The maximum Gasteiger partial charge on any atom is 0.265 e. The molecule has 0 saturated carbocycles. The maximum absolute atomic E-state index is 12.1. The van der Waals surface area contributed by atoms with Gasteiger partial charge in [-0.1, -0.05) is 24.3 Å². The first-order valence-corrected chi connectivity index (χ1v) is 7.98. The lowest BCUT2D eigenvalue weighted by Gasteiger charge is -2.04. The average Bonchev–Trinajstić information content (AvgIpc) is 3.24. The van der Waals surface area contributed by atoms with Crippen LogP contribution in [-0.2, 0) is 0 Å². The molecule has 4 rings (SSSR count). The Morgan fingerprint density at radius 2 is 1.96 bits per heavy atom. The number of thiophene rings is 1. The highest BCUT2D eigenvalue weighted by atomic mass is 32.1. The van der Waals surface area contributed by atoms with E-state index in [1.54, 1.807) is 6.07 Å². The summed E-state index contributed by atoms with van der Waals surface area (Å²) in [6.07, 6.45) is 0. The summed E-state index contributed by atoms with van der Waals surface area (Å²) < 4.78 is 5.76. The van der Waals surface area contributed by atoms with E-state index in [4.69, 9.17) is 4.42 Å². The molecule has 0 aliphatic carbocycles. The molecule has 4 aromatic rings. The van der Waals surface area contributed by atoms with Gasteiger partial charge in [0.25, 0.3) is 5.91 Å². The fourth-order valence-corrected chi connectivity index (χ4v) is 2.95. The third-order valence-electron chi connectivity index (χ3n) is 3.41. The van der Waals surface area contributed by atoms with Gasteiger partial charge in [0.2, 0.25) is 5.89 Å². The zero-order chi connectivity index (χ0) is 15.6. The molecule has 0 spiro atoms. The Balaban J connectivity index is 1.64. The van der Waals surface area contributed by atoms with Crippen LogP contribution >= 0.6 is 11.3 Å². The molecule has 112 valence electrons. The Bertz CT molecular complexity index is 941. The van der Waals surface area contributed by atoms with Crippen LogP contribution in [0.3, 0.4) is 0 Å². The van der Waals surface area contributed by atoms with Gasteiger partial charge in [-0.3, -0.25) is 4.79 Å². The van der Waals surface area contributed by atoms with E-state index in [2.05, 4.69) is 10.3 Å². The van der Waals surface area contributed by atoms with Crippen molar-refractivity contribution in [2.24, 2.45) is 0 Å². The molecule has 1 amide bonds. The smallest absolute Gasteiger partial charge is 0.265 e. The van der Waals surface area contributed by atoms with Crippen LogP contribution in [0.1, 0.15) is 9.67 Å². The van der Waals surface area contributed by atoms with Crippen molar-refractivity contribution >= 4 is 34.0 Å². The number of carbonyl (C=O) groups excluding carboxylic acids is 1. The van der Waals surface area contributed by atoms with E-state index in [1.165, 1.54) is 11.3 Å². The molecule has 0 bridgehead atoms. The van der Waals surface area contributed by atoms with Crippen molar-refractivity contribution in [1.82, 2.24) is 4.98 Å². The molecule has 0 aliphatic heterocycles. The van der Waals surface area contributed by atoms with Gasteiger partial charge < -0.3 is 9.73 Å². The van der Waals surface area contributed by atoms with Crippen LogP contribution in [-0.4, -0.2) is 10.9 Å². The first-order chi connectivity index (χ1) is 11.3. The fraction of sp³-hybridized carbons (Fsp3) is 0. The van der Waals surface area contributed by atoms with Crippen molar-refractivity contribution in [3.05, 3.63) is 70.9 Å². The third-order valence-corrected chi connectivity index (χ3v) is 4.27. The molecule has 0 radical (unpaired) electrons. The summed E-state index contributed by atoms with van der Waals surface area (Å²) in [6, 6.07) is 18.8. The first-order valence-electron chi connectivity index (χ1n) is 7.10. The zero-order valence-electron chi connectivity index (χ0n) is 12.0. The number of aromatic nitrogens is 1. The SMILES string of the molecule is O=C(Nc1cccc(-c2nc3ccccc3o2)c1)c1cccs1. The highest BCUT2D eigenvalue weighted by Gasteiger charge is 2.10. The molecule has 0 fully saturated rings. The molecule has 2 heterocycles. The molecule has 1 N–H and O–H groups in total. The van der Waals surface area contributed by atoms with Gasteiger partial charge in [0.05, 0.1) is 4.88 Å². The Labute approximate surface area is 136 Å². The molecule has 23 heavy (non-hydrogen) atoms. The van der Waals surface area contributed by atoms with Gasteiger partial charge >= 0.3 is 0 Å². The second-order valence-electron chi connectivity index (χ2n) is 5.00. The molecule has 2 aromatic carbocycles. The monoisotopic (exact) mass is 320 g/mol. The Morgan fingerprint density at radius 3 is 2.78 bits per heavy atom. The standard InChI is InChI=1S/C18H12N2O2S/c21-17(16-9-4-10-23-16)19-13-6-3-5-12(11-13)18-20-14-7-1-2-8-15(14)22-18/h1-11H,(H,19,21). The summed E-state index contributed by atoms with van der Waals surface area (Å²) in [6.45, 7) is 0. The summed E-state index contributed by atoms with van der Waals surface area (Å²) in [5, 5.41) is 4.77. The molecular formula is C18H12N2O2S. The van der Waals surface area contributed by atoms with Gasteiger partial charge in [0.15, 0.2) is 5.58 Å². The highest BCUT2D eigenvalue weighted by Crippen LogP contribution is 2.26. The van der Waals surface area contributed by atoms with Crippen LogP contribution in [0.4, 0.5) is 5.69 Å². The lowest BCUT2D eigenvalue weighted by atomic mass is 10.2. The number of benzene rings is 2. The van der Waals surface area contributed by atoms with Crippen molar-refractivity contribution < 1.29 is 9.21 Å². The molecule has 5 heteroatoms. The molecule has 0 atom stereocenters. The van der Waals surface area contributed by atoms with Crippen molar-refractivity contribution in [3.8, 4) is 11.5 Å². The minimum Gasteiger partial charge on any atom is -0.436 e. The predicted molar refractivity (Wildman–Crippen MR) is 91.7 cm³/mol. The van der Waals surface area contributed by atoms with Crippen molar-refractivity contribution in [2.75, 3.05) is 5.32 Å². The Hall–Kier alpha value is -2.92. The van der Waals surface area contributed by atoms with Crippen LogP contribution in [0.15, 0.2) is 70.5 Å². The number of rotatable bonds is 3. The fourth-order valence-electron chi connectivity index (χ4n) is 2.33. The number of oxazole rings is 1. The third kappa shape index (κ3) is 2.74. The summed E-state index contributed by atoms with van der Waals surface area (Å²) in [4.78, 5) is 17.3. The van der Waals surface area contributed by atoms with Crippen LogP contribution in [0.5, 0.6) is 0 Å². The number of anilines is 1. The van der Waals surface area contributed by atoms with Gasteiger partial charge in [-0.2, -0.15) is 0 Å². The largest absolute Gasteiger partial charge is 0.436 e. The molecule has 0 saturated heterocycles. The maximum atomic E-state index is 12.1. The summed E-state index contributed by atoms with van der Waals surface area (Å²) in [5.41, 5.74) is 3.10. The van der Waals surface area contributed by atoms with Crippen molar-refractivity contribution in [3.63, 3.8) is 0 Å². The van der Waals surface area contributed by atoms with Gasteiger partial charge in [-0.05, 0) is 41.8 Å². The van der Waals surface area contributed by atoms with Crippen LogP contribution in [0.2, 0.25) is 0 Å². The minimum absolute atomic E-state index is 0.116. The summed E-state index contributed by atoms with van der Waals surface area (Å²) >= 11 is 1.41. The van der Waals surface area contributed by atoms with Gasteiger partial charge in [0.1, 0.15) is 5.52 Å². The van der Waals surface area contributed by atoms with Crippen LogP contribution in [0, 0.1) is 0 Å². The van der Waals surface area contributed by atoms with E-state index in [-0.39, 0.29) is 5.91 Å². The van der Waals surface area contributed by atoms with E-state index >= 15 is 0 Å². The second kappa shape index (κ2) is 5.70. The summed E-state index contributed by atoms with van der Waals surface area (Å²) in [5.74, 6) is 0.424. The van der Waals surface area contributed by atoms with Gasteiger partial charge in [-0.25, -0.2) is 4.98 Å². The number of hydrogen-bond donors (Lipinski definition) is 1. The number of para-hydroxylation sites is 2. The van der Waals surface area contributed by atoms with E-state index in [0.29, 0.717) is 16.5 Å². The topological polar surface area (TPSA) is 55.1 Å². The second-order valence-corrected chi connectivity index (χ2v) is 5.95. The molecule has 2 aromatic heterocycles. The number of fused-ring (bicyclic) bond motifs is 1. The quantitative estimate of drug-likeness (QED) is 0.589. The zero-order valence-corrected chi connectivity index (χ0v) is 12.8. The number of nitrogens with one attached hydrogen (secondary N) is 1. The van der Waals surface area contributed by atoms with Crippen LogP contribution in [0.25, 0.3) is 22.6 Å². The van der Waals surface area contributed by atoms with E-state index in [9.17, 15) is 4.79 Å². The lowest BCUT2D eigenvalue weighted by Crippen LogP contribution is -2.09.